The van der Waals surface area contributed by atoms with Gasteiger partial charge in [-0.15, -0.1) is 0 Å². The SMILES string of the molecule is CC(NC(=O)COc1ccccc1)c1ccc2ccccc2c1. The van der Waals surface area contributed by atoms with E-state index in [4.69, 9.17) is 4.74 Å². The zero-order chi connectivity index (χ0) is 16.1. The van der Waals surface area contributed by atoms with E-state index in [1.165, 1.54) is 10.8 Å². The van der Waals surface area contributed by atoms with Crippen molar-refractivity contribution in [3.05, 3.63) is 78.4 Å². The molecule has 0 saturated heterocycles. The van der Waals surface area contributed by atoms with Gasteiger partial charge < -0.3 is 10.1 Å². The van der Waals surface area contributed by atoms with Crippen LogP contribution in [0.15, 0.2) is 72.8 Å². The Morgan fingerprint density at radius 1 is 0.957 bits per heavy atom. The Morgan fingerprint density at radius 3 is 2.43 bits per heavy atom. The summed E-state index contributed by atoms with van der Waals surface area (Å²) in [6.07, 6.45) is 0. The van der Waals surface area contributed by atoms with Gasteiger partial charge in [0, 0.05) is 0 Å². The number of carbonyl (C=O) groups is 1. The minimum absolute atomic E-state index is 0.0158. The summed E-state index contributed by atoms with van der Waals surface area (Å²) in [5.74, 6) is 0.565. The van der Waals surface area contributed by atoms with Crippen molar-refractivity contribution < 1.29 is 9.53 Å². The molecule has 0 aliphatic rings. The highest BCUT2D eigenvalue weighted by molar-refractivity contribution is 5.83. The van der Waals surface area contributed by atoms with Gasteiger partial charge in [-0.2, -0.15) is 0 Å². The van der Waals surface area contributed by atoms with Crippen LogP contribution in [0.4, 0.5) is 0 Å². The zero-order valence-electron chi connectivity index (χ0n) is 13.0. The number of para-hydroxylation sites is 1. The van der Waals surface area contributed by atoms with E-state index in [1.807, 2.05) is 55.5 Å². The molecule has 1 amide bonds. The Kier molecular flexibility index (Phi) is 4.57. The first kappa shape index (κ1) is 15.1. The van der Waals surface area contributed by atoms with E-state index in [0.717, 1.165) is 5.56 Å². The van der Waals surface area contributed by atoms with Crippen molar-refractivity contribution in [2.45, 2.75) is 13.0 Å². The van der Waals surface area contributed by atoms with Gasteiger partial charge in [-0.25, -0.2) is 0 Å². The second-order valence-electron chi connectivity index (χ2n) is 5.50. The van der Waals surface area contributed by atoms with Crippen molar-refractivity contribution >= 4 is 16.7 Å². The first-order chi connectivity index (χ1) is 11.2. The van der Waals surface area contributed by atoms with Gasteiger partial charge >= 0.3 is 0 Å². The summed E-state index contributed by atoms with van der Waals surface area (Å²) in [5.41, 5.74) is 1.08. The predicted molar refractivity (Wildman–Crippen MR) is 92.4 cm³/mol. The maximum absolute atomic E-state index is 12.0. The molecular formula is C20H19NO2. The molecule has 0 heterocycles. The molecule has 0 spiro atoms. The van der Waals surface area contributed by atoms with Gasteiger partial charge in [0.2, 0.25) is 0 Å². The van der Waals surface area contributed by atoms with E-state index >= 15 is 0 Å². The zero-order valence-corrected chi connectivity index (χ0v) is 13.0. The standard InChI is InChI=1S/C20H19NO2/c1-15(17-12-11-16-7-5-6-8-18(16)13-17)21-20(22)14-23-19-9-3-2-4-10-19/h2-13,15H,14H2,1H3,(H,21,22). The highest BCUT2D eigenvalue weighted by Gasteiger charge is 2.10. The number of fused-ring (bicyclic) bond motifs is 1. The van der Waals surface area contributed by atoms with Crippen molar-refractivity contribution in [1.82, 2.24) is 5.32 Å². The molecule has 0 aromatic heterocycles. The number of benzene rings is 3. The van der Waals surface area contributed by atoms with Crippen molar-refractivity contribution in [1.29, 1.82) is 0 Å². The molecule has 3 aromatic rings. The number of hydrogen-bond donors (Lipinski definition) is 1. The molecule has 23 heavy (non-hydrogen) atoms. The van der Waals surface area contributed by atoms with Gasteiger partial charge in [-0.3, -0.25) is 4.79 Å². The summed E-state index contributed by atoms with van der Waals surface area (Å²) < 4.78 is 5.46. The third-order valence-corrected chi connectivity index (χ3v) is 3.76. The fraction of sp³-hybridized carbons (Fsp3) is 0.150. The molecule has 0 saturated carbocycles. The highest BCUT2D eigenvalue weighted by Crippen LogP contribution is 2.20. The first-order valence-corrected chi connectivity index (χ1v) is 7.68. The molecule has 3 rings (SSSR count). The van der Waals surface area contributed by atoms with Crippen LogP contribution in [0.5, 0.6) is 5.75 Å². The Morgan fingerprint density at radius 2 is 1.65 bits per heavy atom. The molecule has 1 atom stereocenters. The van der Waals surface area contributed by atoms with Crippen molar-refractivity contribution in [3.63, 3.8) is 0 Å². The molecule has 0 fully saturated rings. The number of ether oxygens (including phenoxy) is 1. The van der Waals surface area contributed by atoms with E-state index in [0.29, 0.717) is 5.75 Å². The fourth-order valence-electron chi connectivity index (χ4n) is 2.51. The smallest absolute Gasteiger partial charge is 0.258 e. The first-order valence-electron chi connectivity index (χ1n) is 7.68. The van der Waals surface area contributed by atoms with Crippen LogP contribution in [-0.2, 0) is 4.79 Å². The van der Waals surface area contributed by atoms with Crippen LogP contribution in [0.25, 0.3) is 10.8 Å². The van der Waals surface area contributed by atoms with Gasteiger partial charge in [-0.05, 0) is 41.5 Å². The Labute approximate surface area is 135 Å². The highest BCUT2D eigenvalue weighted by atomic mass is 16.5. The van der Waals surface area contributed by atoms with Crippen LogP contribution in [0, 0.1) is 0 Å². The van der Waals surface area contributed by atoms with Crippen LogP contribution in [0.2, 0.25) is 0 Å². The second kappa shape index (κ2) is 6.97. The van der Waals surface area contributed by atoms with Crippen LogP contribution in [-0.4, -0.2) is 12.5 Å². The molecule has 116 valence electrons. The molecule has 1 unspecified atom stereocenters. The van der Waals surface area contributed by atoms with Crippen LogP contribution >= 0.6 is 0 Å². The Balaban J connectivity index is 1.61. The molecule has 0 aliphatic carbocycles. The van der Waals surface area contributed by atoms with Crippen molar-refractivity contribution in [2.24, 2.45) is 0 Å². The maximum atomic E-state index is 12.0. The Hall–Kier alpha value is -2.81. The maximum Gasteiger partial charge on any atom is 0.258 e. The molecule has 3 heteroatoms. The summed E-state index contributed by atoms with van der Waals surface area (Å²) in [5, 5.41) is 5.34. The minimum Gasteiger partial charge on any atom is -0.484 e. The van der Waals surface area contributed by atoms with Gasteiger partial charge in [0.1, 0.15) is 5.75 Å². The van der Waals surface area contributed by atoms with E-state index in [2.05, 4.69) is 29.6 Å². The van der Waals surface area contributed by atoms with Crippen molar-refractivity contribution in [3.8, 4) is 5.75 Å². The lowest BCUT2D eigenvalue weighted by Gasteiger charge is -2.15. The quantitative estimate of drug-likeness (QED) is 0.771. The van der Waals surface area contributed by atoms with E-state index in [1.54, 1.807) is 0 Å². The molecular weight excluding hydrogens is 286 g/mol. The lowest BCUT2D eigenvalue weighted by Crippen LogP contribution is -2.31. The molecule has 3 nitrogen and oxygen atoms in total. The summed E-state index contributed by atoms with van der Waals surface area (Å²) in [6, 6.07) is 23.7. The van der Waals surface area contributed by atoms with Gasteiger partial charge in [0.05, 0.1) is 6.04 Å². The summed E-state index contributed by atoms with van der Waals surface area (Å²) in [4.78, 5) is 12.0. The Bertz CT molecular complexity index is 799. The predicted octanol–water partition coefficient (Wildman–Crippen LogP) is 4.10. The number of carbonyl (C=O) groups excluding carboxylic acids is 1. The fourth-order valence-corrected chi connectivity index (χ4v) is 2.51. The number of amides is 1. The second-order valence-corrected chi connectivity index (χ2v) is 5.50. The molecule has 0 aliphatic heterocycles. The van der Waals surface area contributed by atoms with Crippen LogP contribution in [0.1, 0.15) is 18.5 Å². The van der Waals surface area contributed by atoms with E-state index < -0.39 is 0 Å². The van der Waals surface area contributed by atoms with Gasteiger partial charge in [0.25, 0.3) is 5.91 Å². The summed E-state index contributed by atoms with van der Waals surface area (Å²) in [6.45, 7) is 1.99. The lowest BCUT2D eigenvalue weighted by atomic mass is 10.0. The summed E-state index contributed by atoms with van der Waals surface area (Å²) in [7, 11) is 0. The van der Waals surface area contributed by atoms with E-state index in [9.17, 15) is 4.79 Å². The van der Waals surface area contributed by atoms with Crippen LogP contribution in [0.3, 0.4) is 0 Å². The van der Waals surface area contributed by atoms with Crippen LogP contribution < -0.4 is 10.1 Å². The third kappa shape index (κ3) is 3.89. The monoisotopic (exact) mass is 305 g/mol. The van der Waals surface area contributed by atoms with E-state index in [-0.39, 0.29) is 18.6 Å². The normalized spacial score (nSPS) is 11.9. The number of rotatable bonds is 5. The third-order valence-electron chi connectivity index (χ3n) is 3.76. The topological polar surface area (TPSA) is 38.3 Å². The number of nitrogens with one attached hydrogen (secondary N) is 1. The average molecular weight is 305 g/mol. The minimum atomic E-state index is -0.130. The molecule has 1 N–H and O–H groups in total. The van der Waals surface area contributed by atoms with Gasteiger partial charge in [0.15, 0.2) is 6.61 Å². The molecule has 0 bridgehead atoms. The largest absolute Gasteiger partial charge is 0.484 e. The molecule has 0 radical (unpaired) electrons. The summed E-state index contributed by atoms with van der Waals surface area (Å²) >= 11 is 0. The average Bonchev–Trinajstić information content (AvgIpc) is 2.60. The lowest BCUT2D eigenvalue weighted by molar-refractivity contribution is -0.123. The van der Waals surface area contributed by atoms with Gasteiger partial charge in [-0.1, -0.05) is 54.6 Å². The van der Waals surface area contributed by atoms with Crippen molar-refractivity contribution in [2.75, 3.05) is 6.61 Å². The number of hydrogen-bond acceptors (Lipinski definition) is 2. The molecule has 3 aromatic carbocycles.